The number of amides is 2. The first-order valence-corrected chi connectivity index (χ1v) is 9.61. The van der Waals surface area contributed by atoms with Gasteiger partial charge >= 0.3 is 0 Å². The molecule has 7 nitrogen and oxygen atoms in total. The van der Waals surface area contributed by atoms with Crippen LogP contribution in [0.5, 0.6) is 5.75 Å². The minimum absolute atomic E-state index is 0.0191. The predicted molar refractivity (Wildman–Crippen MR) is 115 cm³/mol. The van der Waals surface area contributed by atoms with Crippen LogP contribution in [0.2, 0.25) is 0 Å². The maximum atomic E-state index is 12.2. The zero-order valence-electron chi connectivity index (χ0n) is 17.2. The first-order chi connectivity index (χ1) is 14.0. The molecule has 2 amide bonds. The van der Waals surface area contributed by atoms with Crippen LogP contribution in [0, 0.1) is 5.92 Å². The van der Waals surface area contributed by atoms with Gasteiger partial charge in [0.1, 0.15) is 12.4 Å². The Kier molecular flexibility index (Phi) is 8.98. The zero-order valence-corrected chi connectivity index (χ0v) is 17.2. The molecule has 0 saturated heterocycles. The van der Waals surface area contributed by atoms with Crippen molar-refractivity contribution in [1.29, 1.82) is 0 Å². The molecule has 3 N–H and O–H groups in total. The third kappa shape index (κ3) is 8.66. The van der Waals surface area contributed by atoms with Crippen molar-refractivity contribution in [2.45, 2.75) is 20.3 Å². The highest BCUT2D eigenvalue weighted by Gasteiger charge is 2.06. The van der Waals surface area contributed by atoms with Gasteiger partial charge in [0.2, 0.25) is 11.8 Å². The summed E-state index contributed by atoms with van der Waals surface area (Å²) in [5.74, 6) is 0.822. The normalized spacial score (nSPS) is 10.5. The number of anilines is 3. The van der Waals surface area contributed by atoms with E-state index in [1.54, 1.807) is 31.4 Å². The number of rotatable bonds is 11. The fraction of sp³-hybridized carbons (Fsp3) is 0.364. The Balaban J connectivity index is 1.79. The Hall–Kier alpha value is -3.06. The molecule has 2 aromatic rings. The van der Waals surface area contributed by atoms with Crippen molar-refractivity contribution in [3.63, 3.8) is 0 Å². The van der Waals surface area contributed by atoms with E-state index in [0.717, 1.165) is 5.69 Å². The van der Waals surface area contributed by atoms with Gasteiger partial charge in [-0.15, -0.1) is 0 Å². The van der Waals surface area contributed by atoms with Gasteiger partial charge in [0.15, 0.2) is 0 Å². The molecule has 0 heterocycles. The number of methoxy groups -OCH3 is 1. The number of hydrogen-bond acceptors (Lipinski definition) is 5. The van der Waals surface area contributed by atoms with E-state index in [4.69, 9.17) is 9.47 Å². The van der Waals surface area contributed by atoms with Crippen LogP contribution in [-0.2, 0) is 14.3 Å². The zero-order chi connectivity index (χ0) is 21.1. The van der Waals surface area contributed by atoms with E-state index in [-0.39, 0.29) is 18.4 Å². The van der Waals surface area contributed by atoms with Crippen LogP contribution in [-0.4, -0.2) is 38.7 Å². The smallest absolute Gasteiger partial charge is 0.243 e. The molecular weight excluding hydrogens is 370 g/mol. The Morgan fingerprint density at radius 3 is 2.17 bits per heavy atom. The van der Waals surface area contributed by atoms with Gasteiger partial charge in [0, 0.05) is 36.7 Å². The summed E-state index contributed by atoms with van der Waals surface area (Å²) in [7, 11) is 1.62. The van der Waals surface area contributed by atoms with E-state index < -0.39 is 0 Å². The Morgan fingerprint density at radius 2 is 1.55 bits per heavy atom. The lowest BCUT2D eigenvalue weighted by atomic mass is 10.1. The number of carbonyl (C=O) groups is 2. The number of hydrogen-bond donors (Lipinski definition) is 3. The van der Waals surface area contributed by atoms with E-state index in [1.807, 2.05) is 38.1 Å². The van der Waals surface area contributed by atoms with Gasteiger partial charge in [-0.25, -0.2) is 0 Å². The summed E-state index contributed by atoms with van der Waals surface area (Å²) in [6, 6.07) is 14.4. The fourth-order valence-corrected chi connectivity index (χ4v) is 2.55. The van der Waals surface area contributed by atoms with Crippen LogP contribution in [0.15, 0.2) is 48.5 Å². The summed E-state index contributed by atoms with van der Waals surface area (Å²) in [6.07, 6.45) is 0.475. The molecule has 0 atom stereocenters. The molecule has 2 aromatic carbocycles. The van der Waals surface area contributed by atoms with Crippen molar-refractivity contribution >= 4 is 28.9 Å². The molecule has 156 valence electrons. The standard InChI is InChI=1S/C22H29N3O4/c1-16(2)13-21(26)24-17-7-9-18(10-8-17)25-22(27)15-23-19-5-4-6-20(14-19)29-12-11-28-3/h4-10,14,16,23H,11-13,15H2,1-3H3,(H,24,26)(H,25,27). The lowest BCUT2D eigenvalue weighted by Gasteiger charge is -2.11. The molecule has 0 unspecified atom stereocenters. The largest absolute Gasteiger partial charge is 0.491 e. The van der Waals surface area contributed by atoms with Gasteiger partial charge in [-0.1, -0.05) is 19.9 Å². The molecular formula is C22H29N3O4. The average molecular weight is 399 g/mol. The van der Waals surface area contributed by atoms with E-state index in [2.05, 4.69) is 16.0 Å². The number of nitrogens with one attached hydrogen (secondary N) is 3. The summed E-state index contributed by atoms with van der Waals surface area (Å²) in [6.45, 7) is 5.09. The van der Waals surface area contributed by atoms with E-state index in [9.17, 15) is 9.59 Å². The molecule has 0 aliphatic rings. The van der Waals surface area contributed by atoms with Crippen LogP contribution in [0.4, 0.5) is 17.1 Å². The third-order valence-electron chi connectivity index (χ3n) is 3.89. The highest BCUT2D eigenvalue weighted by molar-refractivity contribution is 5.94. The monoisotopic (exact) mass is 399 g/mol. The second-order valence-electron chi connectivity index (χ2n) is 6.99. The van der Waals surface area contributed by atoms with Crippen molar-refractivity contribution in [2.24, 2.45) is 5.92 Å². The van der Waals surface area contributed by atoms with Crippen molar-refractivity contribution in [1.82, 2.24) is 0 Å². The lowest BCUT2D eigenvalue weighted by molar-refractivity contribution is -0.117. The quantitative estimate of drug-likeness (QED) is 0.501. The maximum Gasteiger partial charge on any atom is 0.243 e. The second kappa shape index (κ2) is 11.7. The molecule has 7 heteroatoms. The highest BCUT2D eigenvalue weighted by Crippen LogP contribution is 2.18. The van der Waals surface area contributed by atoms with Crippen LogP contribution < -0.4 is 20.7 Å². The summed E-state index contributed by atoms with van der Waals surface area (Å²) < 4.78 is 10.5. The van der Waals surface area contributed by atoms with Gasteiger partial charge in [-0.05, 0) is 42.3 Å². The minimum Gasteiger partial charge on any atom is -0.491 e. The highest BCUT2D eigenvalue weighted by atomic mass is 16.5. The molecule has 0 aromatic heterocycles. The Bertz CT molecular complexity index is 791. The first-order valence-electron chi connectivity index (χ1n) is 9.61. The first kappa shape index (κ1) is 22.2. The van der Waals surface area contributed by atoms with E-state index in [1.165, 1.54) is 0 Å². The van der Waals surface area contributed by atoms with Crippen LogP contribution in [0.25, 0.3) is 0 Å². The molecule has 0 aliphatic carbocycles. The topological polar surface area (TPSA) is 88.7 Å². The Labute approximate surface area is 171 Å². The summed E-state index contributed by atoms with van der Waals surface area (Å²) >= 11 is 0. The molecule has 29 heavy (non-hydrogen) atoms. The summed E-state index contributed by atoms with van der Waals surface area (Å²) in [4.78, 5) is 24.0. The SMILES string of the molecule is COCCOc1cccc(NCC(=O)Nc2ccc(NC(=O)CC(C)C)cc2)c1. The fourth-order valence-electron chi connectivity index (χ4n) is 2.55. The van der Waals surface area contributed by atoms with E-state index in [0.29, 0.717) is 42.7 Å². The second-order valence-corrected chi connectivity index (χ2v) is 6.99. The lowest BCUT2D eigenvalue weighted by Crippen LogP contribution is -2.21. The van der Waals surface area contributed by atoms with Crippen LogP contribution in [0.3, 0.4) is 0 Å². The maximum absolute atomic E-state index is 12.2. The van der Waals surface area contributed by atoms with Gasteiger partial charge in [0.25, 0.3) is 0 Å². The summed E-state index contributed by atoms with van der Waals surface area (Å²) in [5, 5.41) is 8.73. The number of carbonyl (C=O) groups excluding carboxylic acids is 2. The van der Waals surface area contributed by atoms with Crippen LogP contribution >= 0.6 is 0 Å². The van der Waals surface area contributed by atoms with Crippen molar-refractivity contribution in [3.8, 4) is 5.75 Å². The minimum atomic E-state index is -0.174. The third-order valence-corrected chi connectivity index (χ3v) is 3.89. The molecule has 0 fully saturated rings. The number of ether oxygens (including phenoxy) is 2. The average Bonchev–Trinajstić information content (AvgIpc) is 2.68. The molecule has 0 bridgehead atoms. The molecule has 0 saturated carbocycles. The predicted octanol–water partition coefficient (Wildman–Crippen LogP) is 3.75. The van der Waals surface area contributed by atoms with Gasteiger partial charge < -0.3 is 25.4 Å². The molecule has 0 aliphatic heterocycles. The van der Waals surface area contributed by atoms with Crippen molar-refractivity contribution in [3.05, 3.63) is 48.5 Å². The molecule has 0 spiro atoms. The Morgan fingerprint density at radius 1 is 0.897 bits per heavy atom. The molecule has 2 rings (SSSR count). The summed E-state index contributed by atoms with van der Waals surface area (Å²) in [5.41, 5.74) is 2.16. The van der Waals surface area contributed by atoms with Crippen molar-refractivity contribution < 1.29 is 19.1 Å². The van der Waals surface area contributed by atoms with Gasteiger partial charge in [-0.3, -0.25) is 9.59 Å². The van der Waals surface area contributed by atoms with Crippen molar-refractivity contribution in [2.75, 3.05) is 42.8 Å². The van der Waals surface area contributed by atoms with Gasteiger partial charge in [-0.2, -0.15) is 0 Å². The number of benzene rings is 2. The van der Waals surface area contributed by atoms with Gasteiger partial charge in [0.05, 0.1) is 13.2 Å². The van der Waals surface area contributed by atoms with Crippen LogP contribution in [0.1, 0.15) is 20.3 Å². The molecule has 0 radical (unpaired) electrons. The van der Waals surface area contributed by atoms with E-state index >= 15 is 0 Å².